The molecule has 9 heteroatoms. The molecule has 0 aliphatic carbocycles. The smallest absolute Gasteiger partial charge is 0.281 e. The van der Waals surface area contributed by atoms with Crippen molar-refractivity contribution in [2.75, 3.05) is 29.1 Å². The van der Waals surface area contributed by atoms with Gasteiger partial charge in [0.25, 0.3) is 5.56 Å². The molecule has 1 amide bonds. The Bertz CT molecular complexity index is 1110. The van der Waals surface area contributed by atoms with Crippen LogP contribution in [0.2, 0.25) is 0 Å². The van der Waals surface area contributed by atoms with Crippen LogP contribution in [0.3, 0.4) is 0 Å². The van der Waals surface area contributed by atoms with Gasteiger partial charge in [-0.25, -0.2) is 13.8 Å². The number of halogens is 2. The minimum atomic E-state index is -0.779. The number of carbonyl (C=O) groups excluding carboxylic acids is 1. The second-order valence-corrected chi connectivity index (χ2v) is 6.49. The minimum Gasteiger partial charge on any atom is -0.399 e. The van der Waals surface area contributed by atoms with E-state index in [0.29, 0.717) is 24.3 Å². The fourth-order valence-electron chi connectivity index (χ4n) is 3.07. The lowest BCUT2D eigenvalue weighted by Crippen LogP contribution is -2.40. The number of nitrogens with two attached hydrogens (primary N) is 1. The molecule has 0 aliphatic rings. The summed E-state index contributed by atoms with van der Waals surface area (Å²) in [5.41, 5.74) is 8.86. The van der Waals surface area contributed by atoms with E-state index in [0.717, 1.165) is 22.9 Å². The lowest BCUT2D eigenvalue weighted by molar-refractivity contribution is -0.116. The molecule has 3 rings (SSSR count). The highest BCUT2D eigenvalue weighted by atomic mass is 19.1. The number of hydrogen-bond donors (Lipinski definition) is 2. The Kier molecular flexibility index (Phi) is 5.76. The summed E-state index contributed by atoms with van der Waals surface area (Å²) in [6.45, 7) is 4.87. The maximum Gasteiger partial charge on any atom is 0.281 e. The first-order chi connectivity index (χ1) is 13.8. The molecule has 0 saturated carbocycles. The summed E-state index contributed by atoms with van der Waals surface area (Å²) in [5, 5.41) is 0.284. The van der Waals surface area contributed by atoms with Crippen molar-refractivity contribution in [3.63, 3.8) is 0 Å². The third-order valence-electron chi connectivity index (χ3n) is 4.45. The molecule has 1 heterocycles. The first kappa shape index (κ1) is 20.2. The summed E-state index contributed by atoms with van der Waals surface area (Å²) in [5.74, 6) is -1.92. The number of anilines is 2. The van der Waals surface area contributed by atoms with Gasteiger partial charge in [0.15, 0.2) is 0 Å². The van der Waals surface area contributed by atoms with Crippen molar-refractivity contribution in [2.45, 2.75) is 20.3 Å². The predicted molar refractivity (Wildman–Crippen MR) is 108 cm³/mol. The average molecular weight is 401 g/mol. The van der Waals surface area contributed by atoms with Crippen LogP contribution in [0.5, 0.6) is 0 Å². The van der Waals surface area contributed by atoms with E-state index in [9.17, 15) is 18.4 Å². The quantitative estimate of drug-likeness (QED) is 0.619. The van der Waals surface area contributed by atoms with Gasteiger partial charge in [0.05, 0.1) is 17.3 Å². The van der Waals surface area contributed by atoms with Crippen molar-refractivity contribution in [1.29, 1.82) is 0 Å². The van der Waals surface area contributed by atoms with Gasteiger partial charge < -0.3 is 10.6 Å². The maximum absolute atomic E-state index is 13.4. The minimum absolute atomic E-state index is 0.152. The van der Waals surface area contributed by atoms with E-state index in [1.165, 1.54) is 6.07 Å². The van der Waals surface area contributed by atoms with Crippen LogP contribution >= 0.6 is 0 Å². The normalized spacial score (nSPS) is 10.9. The summed E-state index contributed by atoms with van der Waals surface area (Å²) in [4.78, 5) is 31.8. The number of carbonyl (C=O) groups is 1. The monoisotopic (exact) mass is 401 g/mol. The van der Waals surface area contributed by atoms with Crippen molar-refractivity contribution in [3.8, 4) is 0 Å². The van der Waals surface area contributed by atoms with E-state index in [1.54, 1.807) is 17.0 Å². The van der Waals surface area contributed by atoms with Gasteiger partial charge in [-0.3, -0.25) is 15.0 Å². The van der Waals surface area contributed by atoms with Gasteiger partial charge in [-0.2, -0.15) is 4.68 Å². The standard InChI is InChI=1S/C20H21F2N5O2/c1-3-26(4-2)20-24-17-11-15(23)5-6-16(17)19(29)27(20)25-18(28)9-12-7-13(21)10-14(22)8-12/h5-8,10-11H,3-4,9,23H2,1-2H3,(H,25,28). The fraction of sp³-hybridized carbons (Fsp3) is 0.250. The summed E-state index contributed by atoms with van der Waals surface area (Å²) in [7, 11) is 0. The van der Waals surface area contributed by atoms with Gasteiger partial charge in [0.2, 0.25) is 11.9 Å². The number of rotatable bonds is 6. The van der Waals surface area contributed by atoms with E-state index in [-0.39, 0.29) is 23.3 Å². The van der Waals surface area contributed by atoms with Gasteiger partial charge >= 0.3 is 0 Å². The molecule has 0 saturated heterocycles. The second-order valence-electron chi connectivity index (χ2n) is 6.49. The molecule has 0 aliphatic heterocycles. The maximum atomic E-state index is 13.4. The molecular formula is C20H21F2N5O2. The molecule has 7 nitrogen and oxygen atoms in total. The Morgan fingerprint density at radius 1 is 1.14 bits per heavy atom. The number of fused-ring (bicyclic) bond motifs is 1. The Balaban J connectivity index is 2.03. The molecule has 3 N–H and O–H groups in total. The van der Waals surface area contributed by atoms with E-state index < -0.39 is 23.1 Å². The summed E-state index contributed by atoms with van der Waals surface area (Å²) < 4.78 is 27.8. The molecule has 0 fully saturated rings. The summed E-state index contributed by atoms with van der Waals surface area (Å²) >= 11 is 0. The van der Waals surface area contributed by atoms with Crippen LogP contribution in [-0.2, 0) is 11.2 Å². The van der Waals surface area contributed by atoms with Crippen LogP contribution in [0, 0.1) is 11.6 Å². The van der Waals surface area contributed by atoms with Crippen molar-refractivity contribution in [3.05, 3.63) is 63.9 Å². The highest BCUT2D eigenvalue weighted by Crippen LogP contribution is 2.17. The van der Waals surface area contributed by atoms with Crippen LogP contribution < -0.4 is 21.6 Å². The molecular weight excluding hydrogens is 380 g/mol. The Hall–Kier alpha value is -3.49. The highest BCUT2D eigenvalue weighted by molar-refractivity contribution is 5.87. The Morgan fingerprint density at radius 2 is 1.79 bits per heavy atom. The van der Waals surface area contributed by atoms with Gasteiger partial charge in [0.1, 0.15) is 11.6 Å². The van der Waals surface area contributed by atoms with Crippen LogP contribution in [0.1, 0.15) is 19.4 Å². The SMILES string of the molecule is CCN(CC)c1nc2cc(N)ccc2c(=O)n1NC(=O)Cc1cc(F)cc(F)c1. The van der Waals surface area contributed by atoms with Gasteiger partial charge in [0, 0.05) is 24.8 Å². The van der Waals surface area contributed by atoms with Crippen molar-refractivity contribution in [2.24, 2.45) is 0 Å². The first-order valence-electron chi connectivity index (χ1n) is 9.14. The lowest BCUT2D eigenvalue weighted by atomic mass is 10.1. The molecule has 29 heavy (non-hydrogen) atoms. The van der Waals surface area contributed by atoms with Crippen molar-refractivity contribution < 1.29 is 13.6 Å². The van der Waals surface area contributed by atoms with E-state index in [2.05, 4.69) is 10.4 Å². The Labute approximate surface area is 165 Å². The van der Waals surface area contributed by atoms with E-state index >= 15 is 0 Å². The number of amides is 1. The highest BCUT2D eigenvalue weighted by Gasteiger charge is 2.18. The second kappa shape index (κ2) is 8.26. The molecule has 3 aromatic rings. The van der Waals surface area contributed by atoms with Gasteiger partial charge in [-0.1, -0.05) is 0 Å². The molecule has 0 radical (unpaired) electrons. The molecule has 152 valence electrons. The third kappa shape index (κ3) is 4.34. The zero-order valence-corrected chi connectivity index (χ0v) is 16.1. The largest absolute Gasteiger partial charge is 0.399 e. The Morgan fingerprint density at radius 3 is 2.41 bits per heavy atom. The van der Waals surface area contributed by atoms with Gasteiger partial charge in [-0.15, -0.1) is 0 Å². The number of nitrogens with zero attached hydrogens (tertiary/aromatic N) is 3. The average Bonchev–Trinajstić information content (AvgIpc) is 2.64. The third-order valence-corrected chi connectivity index (χ3v) is 4.45. The fourth-order valence-corrected chi connectivity index (χ4v) is 3.07. The molecule has 0 spiro atoms. The summed E-state index contributed by atoms with van der Waals surface area (Å²) in [6, 6.07) is 7.56. The number of hydrogen-bond acceptors (Lipinski definition) is 5. The van der Waals surface area contributed by atoms with E-state index in [1.807, 2.05) is 13.8 Å². The molecule has 0 bridgehead atoms. The number of nitrogens with one attached hydrogen (secondary N) is 1. The van der Waals surface area contributed by atoms with Gasteiger partial charge in [-0.05, 0) is 49.7 Å². The van der Waals surface area contributed by atoms with E-state index in [4.69, 9.17) is 5.73 Å². The first-order valence-corrected chi connectivity index (χ1v) is 9.14. The number of nitrogen functional groups attached to an aromatic ring is 1. The number of benzene rings is 2. The molecule has 0 unspecified atom stereocenters. The number of aromatic nitrogens is 2. The zero-order valence-electron chi connectivity index (χ0n) is 16.1. The molecule has 2 aromatic carbocycles. The van der Waals surface area contributed by atoms with Crippen LogP contribution in [0.15, 0.2) is 41.2 Å². The lowest BCUT2D eigenvalue weighted by Gasteiger charge is -2.24. The zero-order chi connectivity index (χ0) is 21.1. The van der Waals surface area contributed by atoms with Crippen molar-refractivity contribution in [1.82, 2.24) is 9.66 Å². The summed E-state index contributed by atoms with van der Waals surface area (Å²) in [6.07, 6.45) is -0.307. The van der Waals surface area contributed by atoms with Crippen LogP contribution in [0.4, 0.5) is 20.4 Å². The van der Waals surface area contributed by atoms with Crippen LogP contribution in [-0.4, -0.2) is 28.7 Å². The topological polar surface area (TPSA) is 93.2 Å². The van der Waals surface area contributed by atoms with Crippen LogP contribution in [0.25, 0.3) is 10.9 Å². The molecule has 0 atom stereocenters. The molecule has 1 aromatic heterocycles. The van der Waals surface area contributed by atoms with Crippen molar-refractivity contribution >= 4 is 28.4 Å². The predicted octanol–water partition coefficient (Wildman–Crippen LogP) is 2.42.